The first-order chi connectivity index (χ1) is 14.4. The van der Waals surface area contributed by atoms with Crippen molar-refractivity contribution in [2.45, 2.75) is 6.92 Å². The Labute approximate surface area is 180 Å². The van der Waals surface area contributed by atoms with Gasteiger partial charge in [-0.1, -0.05) is 30.3 Å². The monoisotopic (exact) mass is 471 g/mol. The van der Waals surface area contributed by atoms with Gasteiger partial charge in [-0.3, -0.25) is 9.59 Å². The Balaban J connectivity index is 1.48. The zero-order valence-electron chi connectivity index (χ0n) is 16.0. The molecule has 1 aromatic heterocycles. The fourth-order valence-electron chi connectivity index (χ4n) is 2.43. The van der Waals surface area contributed by atoms with Crippen molar-refractivity contribution >= 4 is 39.4 Å². The third-order valence-electron chi connectivity index (χ3n) is 3.89. The van der Waals surface area contributed by atoms with Crippen molar-refractivity contribution < 1.29 is 19.1 Å². The molecule has 2 N–H and O–H groups in total. The molecule has 154 valence electrons. The normalized spacial score (nSPS) is 10.3. The second-order valence-corrected chi connectivity index (χ2v) is 6.99. The minimum atomic E-state index is -0.775. The van der Waals surface area contributed by atoms with Crippen LogP contribution < -0.4 is 10.6 Å². The second kappa shape index (κ2) is 9.79. The molecule has 0 fully saturated rings. The number of hydrogen-bond acceptors (Lipinski definition) is 6. The van der Waals surface area contributed by atoms with Gasteiger partial charge in [-0.2, -0.15) is 9.90 Å². The molecule has 0 bridgehead atoms. The van der Waals surface area contributed by atoms with Gasteiger partial charge in [0, 0.05) is 4.47 Å². The van der Waals surface area contributed by atoms with E-state index in [4.69, 9.17) is 4.74 Å². The Morgan fingerprint density at radius 1 is 1.00 bits per heavy atom. The highest BCUT2D eigenvalue weighted by atomic mass is 79.9. The number of halogens is 1. The predicted octanol–water partition coefficient (Wildman–Crippen LogP) is 2.25. The maximum absolute atomic E-state index is 12.2. The molecule has 10 heteroatoms. The Morgan fingerprint density at radius 2 is 1.70 bits per heavy atom. The molecule has 2 aromatic carbocycles. The smallest absolute Gasteiger partial charge is 0.361 e. The van der Waals surface area contributed by atoms with E-state index < -0.39 is 24.4 Å². The Hall–Kier alpha value is -3.53. The standard InChI is InChI=1S/C20H18BrN5O4/c1-13-19(25-26(24-13)14-7-3-2-4-8-14)20(29)30-12-18(28)22-11-17(27)23-16-10-6-5-9-15(16)21/h2-10H,11-12H2,1H3,(H,22,28)(H,23,27). The summed E-state index contributed by atoms with van der Waals surface area (Å²) >= 11 is 3.32. The van der Waals surface area contributed by atoms with Gasteiger partial charge in [0.2, 0.25) is 5.91 Å². The number of benzene rings is 2. The van der Waals surface area contributed by atoms with Crippen LogP contribution in [0.1, 0.15) is 16.2 Å². The van der Waals surface area contributed by atoms with Gasteiger partial charge in [0.25, 0.3) is 5.91 Å². The van der Waals surface area contributed by atoms with Crippen molar-refractivity contribution in [3.8, 4) is 5.69 Å². The van der Waals surface area contributed by atoms with Crippen LogP contribution in [-0.4, -0.2) is 45.9 Å². The van der Waals surface area contributed by atoms with Crippen LogP contribution >= 0.6 is 15.9 Å². The van der Waals surface area contributed by atoms with Crippen molar-refractivity contribution in [3.63, 3.8) is 0 Å². The first-order valence-electron chi connectivity index (χ1n) is 8.91. The summed E-state index contributed by atoms with van der Waals surface area (Å²) in [6, 6.07) is 16.2. The number of ether oxygens (including phenoxy) is 1. The fourth-order valence-corrected chi connectivity index (χ4v) is 2.81. The molecule has 0 radical (unpaired) electrons. The van der Waals surface area contributed by atoms with E-state index in [1.807, 2.05) is 24.3 Å². The molecule has 0 aliphatic rings. The number of carbonyl (C=O) groups is 3. The van der Waals surface area contributed by atoms with Gasteiger partial charge in [0.05, 0.1) is 23.6 Å². The minimum absolute atomic E-state index is 0.0123. The highest BCUT2D eigenvalue weighted by Gasteiger charge is 2.19. The zero-order valence-corrected chi connectivity index (χ0v) is 17.5. The maximum atomic E-state index is 12.2. The number of aryl methyl sites for hydroxylation is 1. The van der Waals surface area contributed by atoms with E-state index in [1.54, 1.807) is 37.3 Å². The molecule has 2 amide bonds. The van der Waals surface area contributed by atoms with Crippen LogP contribution in [0.15, 0.2) is 59.1 Å². The number of nitrogens with one attached hydrogen (secondary N) is 2. The third kappa shape index (κ3) is 5.51. The number of hydrogen-bond donors (Lipinski definition) is 2. The van der Waals surface area contributed by atoms with E-state index in [0.29, 0.717) is 17.1 Å². The van der Waals surface area contributed by atoms with E-state index in [9.17, 15) is 14.4 Å². The summed E-state index contributed by atoms with van der Waals surface area (Å²) in [6.07, 6.45) is 0. The third-order valence-corrected chi connectivity index (χ3v) is 4.58. The Morgan fingerprint density at radius 3 is 2.43 bits per heavy atom. The highest BCUT2D eigenvalue weighted by Crippen LogP contribution is 2.20. The van der Waals surface area contributed by atoms with E-state index >= 15 is 0 Å². The lowest BCUT2D eigenvalue weighted by Crippen LogP contribution is -2.35. The number of carbonyl (C=O) groups excluding carboxylic acids is 3. The number of nitrogens with zero attached hydrogens (tertiary/aromatic N) is 3. The van der Waals surface area contributed by atoms with Crippen LogP contribution in [0, 0.1) is 6.92 Å². The fraction of sp³-hybridized carbons (Fsp3) is 0.150. The van der Waals surface area contributed by atoms with Crippen LogP contribution in [0.2, 0.25) is 0 Å². The number of amides is 2. The predicted molar refractivity (Wildman–Crippen MR) is 112 cm³/mol. The van der Waals surface area contributed by atoms with E-state index in [-0.39, 0.29) is 12.2 Å². The summed E-state index contributed by atoms with van der Waals surface area (Å²) in [4.78, 5) is 37.4. The van der Waals surface area contributed by atoms with Crippen molar-refractivity contribution in [2.24, 2.45) is 0 Å². The van der Waals surface area contributed by atoms with Crippen molar-refractivity contribution in [3.05, 3.63) is 70.5 Å². The van der Waals surface area contributed by atoms with Crippen molar-refractivity contribution in [1.29, 1.82) is 0 Å². The van der Waals surface area contributed by atoms with E-state index in [0.717, 1.165) is 4.47 Å². The molecule has 0 spiro atoms. The quantitative estimate of drug-likeness (QED) is 0.510. The second-order valence-electron chi connectivity index (χ2n) is 6.14. The molecule has 0 saturated carbocycles. The van der Waals surface area contributed by atoms with Gasteiger partial charge in [-0.25, -0.2) is 4.79 Å². The minimum Gasteiger partial charge on any atom is -0.451 e. The molecule has 9 nitrogen and oxygen atoms in total. The number of aromatic nitrogens is 3. The average Bonchev–Trinajstić information content (AvgIpc) is 3.14. The lowest BCUT2D eigenvalue weighted by Gasteiger charge is -2.08. The molecule has 3 aromatic rings. The van der Waals surface area contributed by atoms with Crippen LogP contribution in [0.5, 0.6) is 0 Å². The molecule has 0 atom stereocenters. The number of esters is 1. The van der Waals surface area contributed by atoms with Gasteiger partial charge in [0.15, 0.2) is 12.3 Å². The number of rotatable bonds is 7. The molecular formula is C20H18BrN5O4. The summed E-state index contributed by atoms with van der Waals surface area (Å²) in [5, 5.41) is 13.3. The highest BCUT2D eigenvalue weighted by molar-refractivity contribution is 9.10. The summed E-state index contributed by atoms with van der Waals surface area (Å²) < 4.78 is 5.70. The topological polar surface area (TPSA) is 115 Å². The first-order valence-corrected chi connectivity index (χ1v) is 9.71. The zero-order chi connectivity index (χ0) is 21.5. The van der Waals surface area contributed by atoms with E-state index in [2.05, 4.69) is 36.8 Å². The molecule has 0 aliphatic carbocycles. The van der Waals surface area contributed by atoms with Crippen LogP contribution in [-0.2, 0) is 14.3 Å². The molecule has 3 rings (SSSR count). The number of anilines is 1. The molecule has 0 unspecified atom stereocenters. The van der Waals surface area contributed by atoms with Crippen molar-refractivity contribution in [2.75, 3.05) is 18.5 Å². The largest absolute Gasteiger partial charge is 0.451 e. The molecule has 0 aliphatic heterocycles. The summed E-state index contributed by atoms with van der Waals surface area (Å²) in [7, 11) is 0. The van der Waals surface area contributed by atoms with Gasteiger partial charge >= 0.3 is 5.97 Å². The summed E-state index contributed by atoms with van der Waals surface area (Å²) in [5.41, 5.74) is 1.66. The SMILES string of the molecule is Cc1nn(-c2ccccc2)nc1C(=O)OCC(=O)NCC(=O)Nc1ccccc1Br. The summed E-state index contributed by atoms with van der Waals surface area (Å²) in [5.74, 6) is -1.80. The van der Waals surface area contributed by atoms with Crippen LogP contribution in [0.4, 0.5) is 5.69 Å². The van der Waals surface area contributed by atoms with E-state index in [1.165, 1.54) is 4.80 Å². The molecule has 0 saturated heterocycles. The molecular weight excluding hydrogens is 454 g/mol. The van der Waals surface area contributed by atoms with Gasteiger partial charge in [0.1, 0.15) is 0 Å². The Kier molecular flexibility index (Phi) is 6.91. The molecule has 1 heterocycles. The van der Waals surface area contributed by atoms with Gasteiger partial charge < -0.3 is 15.4 Å². The summed E-state index contributed by atoms with van der Waals surface area (Å²) in [6.45, 7) is 0.814. The first kappa shape index (κ1) is 21.2. The van der Waals surface area contributed by atoms with Gasteiger partial charge in [-0.05, 0) is 47.1 Å². The lowest BCUT2D eigenvalue weighted by atomic mass is 10.3. The maximum Gasteiger partial charge on any atom is 0.361 e. The molecule has 30 heavy (non-hydrogen) atoms. The average molecular weight is 472 g/mol. The van der Waals surface area contributed by atoms with Gasteiger partial charge in [-0.15, -0.1) is 5.10 Å². The van der Waals surface area contributed by atoms with Crippen molar-refractivity contribution in [1.82, 2.24) is 20.3 Å². The lowest BCUT2D eigenvalue weighted by molar-refractivity contribution is -0.126. The Bertz CT molecular complexity index is 1070. The number of para-hydroxylation sites is 2. The van der Waals surface area contributed by atoms with Crippen LogP contribution in [0.25, 0.3) is 5.69 Å². The van der Waals surface area contributed by atoms with Crippen LogP contribution in [0.3, 0.4) is 0 Å².